The van der Waals surface area contributed by atoms with Crippen molar-refractivity contribution in [3.05, 3.63) is 53.2 Å². The van der Waals surface area contributed by atoms with E-state index >= 15 is 0 Å². The van der Waals surface area contributed by atoms with Crippen LogP contribution in [0.25, 0.3) is 11.0 Å². The Balaban J connectivity index is 1.50. The number of aliphatic hydroxyl groups excluding tert-OH is 1. The average Bonchev–Trinajstić information content (AvgIpc) is 3.22. The molecule has 5 nitrogen and oxygen atoms in total. The smallest absolute Gasteiger partial charge is 0.129 e. The first kappa shape index (κ1) is 15.4. The van der Waals surface area contributed by atoms with Crippen LogP contribution in [-0.2, 0) is 13.2 Å². The molecule has 1 aromatic carbocycles. The molecule has 3 aromatic rings. The van der Waals surface area contributed by atoms with Crippen molar-refractivity contribution < 1.29 is 9.52 Å². The van der Waals surface area contributed by atoms with Gasteiger partial charge >= 0.3 is 0 Å². The van der Waals surface area contributed by atoms with Crippen LogP contribution in [0.3, 0.4) is 0 Å². The van der Waals surface area contributed by atoms with Gasteiger partial charge in [0, 0.05) is 12.5 Å². The van der Waals surface area contributed by atoms with Gasteiger partial charge in [-0.15, -0.1) is 0 Å². The van der Waals surface area contributed by atoms with E-state index in [4.69, 9.17) is 14.5 Å². The van der Waals surface area contributed by atoms with E-state index < -0.39 is 0 Å². The van der Waals surface area contributed by atoms with Crippen LogP contribution in [0, 0.1) is 6.92 Å². The minimum absolute atomic E-state index is 0.0407. The summed E-state index contributed by atoms with van der Waals surface area (Å²) >= 11 is 0. The van der Waals surface area contributed by atoms with Gasteiger partial charge in [-0.05, 0) is 50.1 Å². The lowest BCUT2D eigenvalue weighted by atomic mass is 9.97. The number of fused-ring (bicyclic) bond motifs is 1. The van der Waals surface area contributed by atoms with Crippen LogP contribution in [-0.4, -0.2) is 33.1 Å². The number of rotatable bonds is 4. The molecule has 0 bridgehead atoms. The lowest BCUT2D eigenvalue weighted by Crippen LogP contribution is -2.34. The van der Waals surface area contributed by atoms with Crippen molar-refractivity contribution >= 4 is 11.0 Å². The molecule has 0 radical (unpaired) electrons. The summed E-state index contributed by atoms with van der Waals surface area (Å²) in [6, 6.07) is 10.1. The Kier molecular flexibility index (Phi) is 4.12. The van der Waals surface area contributed by atoms with E-state index in [0.717, 1.165) is 55.1 Å². The number of imidazole rings is 1. The van der Waals surface area contributed by atoms with Gasteiger partial charge in [0.1, 0.15) is 24.0 Å². The number of H-pyrrole nitrogens is 1. The van der Waals surface area contributed by atoms with Gasteiger partial charge in [0.2, 0.25) is 0 Å². The number of nitrogens with one attached hydrogen (secondary N) is 1. The molecule has 0 unspecified atom stereocenters. The number of aliphatic hydroxyl groups is 1. The Morgan fingerprint density at radius 1 is 1.29 bits per heavy atom. The van der Waals surface area contributed by atoms with Crippen molar-refractivity contribution in [2.24, 2.45) is 0 Å². The molecule has 2 aromatic heterocycles. The maximum atomic E-state index is 9.12. The quantitative estimate of drug-likeness (QED) is 0.772. The number of likely N-dealkylation sites (tertiary alicyclic amines) is 1. The lowest BCUT2D eigenvalue weighted by Gasteiger charge is -2.31. The number of aromatic nitrogens is 2. The fourth-order valence-corrected chi connectivity index (χ4v) is 3.62. The topological polar surface area (TPSA) is 65.3 Å². The van der Waals surface area contributed by atoms with Gasteiger partial charge in [0.25, 0.3) is 0 Å². The lowest BCUT2D eigenvalue weighted by molar-refractivity contribution is 0.178. The van der Waals surface area contributed by atoms with E-state index in [9.17, 15) is 0 Å². The van der Waals surface area contributed by atoms with Crippen molar-refractivity contribution in [1.29, 1.82) is 0 Å². The highest BCUT2D eigenvalue weighted by molar-refractivity contribution is 5.78. The number of piperidine rings is 1. The van der Waals surface area contributed by atoms with Crippen molar-refractivity contribution in [2.45, 2.75) is 38.8 Å². The molecule has 24 heavy (non-hydrogen) atoms. The maximum absolute atomic E-state index is 9.12. The largest absolute Gasteiger partial charge is 0.462 e. The summed E-state index contributed by atoms with van der Waals surface area (Å²) in [7, 11) is 0. The fourth-order valence-electron chi connectivity index (χ4n) is 3.62. The Bertz CT molecular complexity index is 836. The molecule has 2 N–H and O–H groups in total. The molecule has 0 saturated carbocycles. The Morgan fingerprint density at radius 3 is 2.96 bits per heavy atom. The number of nitrogens with zero attached hydrogens (tertiary/aromatic N) is 2. The minimum Gasteiger partial charge on any atom is -0.462 e. The van der Waals surface area contributed by atoms with E-state index in [1.54, 1.807) is 0 Å². The third-order valence-corrected chi connectivity index (χ3v) is 4.88. The van der Waals surface area contributed by atoms with Crippen LogP contribution in [0.5, 0.6) is 0 Å². The summed E-state index contributed by atoms with van der Waals surface area (Å²) in [6.07, 6.45) is 2.32. The van der Waals surface area contributed by atoms with E-state index in [0.29, 0.717) is 11.7 Å². The first-order chi connectivity index (χ1) is 11.7. The molecular weight excluding hydrogens is 302 g/mol. The summed E-state index contributed by atoms with van der Waals surface area (Å²) in [4.78, 5) is 10.8. The molecule has 1 aliphatic heterocycles. The number of furan rings is 1. The van der Waals surface area contributed by atoms with Gasteiger partial charge in [-0.3, -0.25) is 4.90 Å². The number of aromatic amines is 1. The van der Waals surface area contributed by atoms with Crippen molar-refractivity contribution in [3.63, 3.8) is 0 Å². The summed E-state index contributed by atoms with van der Waals surface area (Å²) in [6.45, 7) is 4.91. The highest BCUT2D eigenvalue weighted by Crippen LogP contribution is 2.28. The van der Waals surface area contributed by atoms with Crippen LogP contribution in [0.4, 0.5) is 0 Å². The SMILES string of the molecule is Cc1cccc2[nH]c([C@H]3CCCN(Cc4ccc(CO)o4)C3)nc12. The van der Waals surface area contributed by atoms with E-state index in [-0.39, 0.29) is 6.61 Å². The fraction of sp³-hybridized carbons (Fsp3) is 0.421. The van der Waals surface area contributed by atoms with Gasteiger partial charge in [0.05, 0.1) is 17.6 Å². The Hall–Kier alpha value is -2.11. The van der Waals surface area contributed by atoms with Crippen molar-refractivity contribution in [1.82, 2.24) is 14.9 Å². The highest BCUT2D eigenvalue weighted by atomic mass is 16.4. The number of benzene rings is 1. The van der Waals surface area contributed by atoms with E-state index in [1.807, 2.05) is 12.1 Å². The average molecular weight is 325 g/mol. The van der Waals surface area contributed by atoms with Gasteiger partial charge in [-0.1, -0.05) is 12.1 Å². The van der Waals surface area contributed by atoms with Crippen LogP contribution >= 0.6 is 0 Å². The van der Waals surface area contributed by atoms with Gasteiger partial charge < -0.3 is 14.5 Å². The molecule has 1 fully saturated rings. The number of hydrogen-bond donors (Lipinski definition) is 2. The molecule has 5 heteroatoms. The second-order valence-corrected chi connectivity index (χ2v) is 6.69. The second kappa shape index (κ2) is 6.42. The van der Waals surface area contributed by atoms with Crippen LogP contribution in [0.1, 0.15) is 41.7 Å². The first-order valence-corrected chi connectivity index (χ1v) is 8.59. The molecule has 1 saturated heterocycles. The molecule has 3 heterocycles. The first-order valence-electron chi connectivity index (χ1n) is 8.59. The molecule has 1 aliphatic rings. The minimum atomic E-state index is -0.0407. The summed E-state index contributed by atoms with van der Waals surface area (Å²) in [5, 5.41) is 9.12. The number of hydrogen-bond acceptors (Lipinski definition) is 4. The third kappa shape index (κ3) is 2.97. The zero-order valence-corrected chi connectivity index (χ0v) is 14.0. The molecule has 4 rings (SSSR count). The second-order valence-electron chi connectivity index (χ2n) is 6.69. The predicted octanol–water partition coefficient (Wildman–Crippen LogP) is 3.34. The highest BCUT2D eigenvalue weighted by Gasteiger charge is 2.24. The molecule has 0 spiro atoms. The molecule has 1 atom stereocenters. The maximum Gasteiger partial charge on any atom is 0.129 e. The Morgan fingerprint density at radius 2 is 2.17 bits per heavy atom. The normalized spacial score (nSPS) is 19.2. The standard InChI is InChI=1S/C19H23N3O2/c1-13-4-2-6-17-18(13)21-19(20-17)14-5-3-9-22(10-14)11-15-7-8-16(12-23)24-15/h2,4,6-8,14,23H,3,5,9-12H2,1H3,(H,20,21)/t14-/m0/s1. The zero-order valence-electron chi connectivity index (χ0n) is 14.0. The van der Waals surface area contributed by atoms with Crippen LogP contribution < -0.4 is 0 Å². The summed E-state index contributed by atoms with van der Waals surface area (Å²) < 4.78 is 5.63. The molecule has 0 amide bonds. The zero-order chi connectivity index (χ0) is 16.5. The van der Waals surface area contributed by atoms with Gasteiger partial charge in [-0.25, -0.2) is 4.98 Å². The number of para-hydroxylation sites is 1. The molecule has 0 aliphatic carbocycles. The number of aryl methyl sites for hydroxylation is 1. The molecular formula is C19H23N3O2. The Labute approximate surface area is 141 Å². The third-order valence-electron chi connectivity index (χ3n) is 4.88. The van der Waals surface area contributed by atoms with Crippen molar-refractivity contribution in [3.8, 4) is 0 Å². The summed E-state index contributed by atoms with van der Waals surface area (Å²) in [5.74, 6) is 3.07. The summed E-state index contributed by atoms with van der Waals surface area (Å²) in [5.41, 5.74) is 3.43. The van der Waals surface area contributed by atoms with Crippen molar-refractivity contribution in [2.75, 3.05) is 13.1 Å². The van der Waals surface area contributed by atoms with Gasteiger partial charge in [0.15, 0.2) is 0 Å². The monoisotopic (exact) mass is 325 g/mol. The van der Waals surface area contributed by atoms with E-state index in [1.165, 1.54) is 5.56 Å². The van der Waals surface area contributed by atoms with Gasteiger partial charge in [-0.2, -0.15) is 0 Å². The van der Waals surface area contributed by atoms with Crippen LogP contribution in [0.15, 0.2) is 34.7 Å². The van der Waals surface area contributed by atoms with Crippen LogP contribution in [0.2, 0.25) is 0 Å². The van der Waals surface area contributed by atoms with E-state index in [2.05, 4.69) is 35.0 Å². The predicted molar refractivity (Wildman–Crippen MR) is 92.7 cm³/mol. The molecule has 126 valence electrons.